The summed E-state index contributed by atoms with van der Waals surface area (Å²) in [5.74, 6) is 0.0924. The van der Waals surface area contributed by atoms with E-state index in [1.54, 1.807) is 12.1 Å². The molecule has 0 atom stereocenters. The fraction of sp³-hybridized carbons (Fsp3) is 0.0769. The van der Waals surface area contributed by atoms with Gasteiger partial charge >= 0.3 is 0 Å². The van der Waals surface area contributed by atoms with Gasteiger partial charge in [-0.25, -0.2) is 4.39 Å². The predicted octanol–water partition coefficient (Wildman–Crippen LogP) is 3.86. The highest BCUT2D eigenvalue weighted by molar-refractivity contribution is 6.32. The second kappa shape index (κ2) is 4.63. The minimum Gasteiger partial charge on any atom is -0.506 e. The van der Waals surface area contributed by atoms with Crippen LogP contribution in [0.2, 0.25) is 5.02 Å². The van der Waals surface area contributed by atoms with E-state index >= 15 is 0 Å². The Kier molecular flexibility index (Phi) is 3.20. The van der Waals surface area contributed by atoms with Crippen molar-refractivity contribution in [2.45, 2.75) is 0 Å². The summed E-state index contributed by atoms with van der Waals surface area (Å²) in [6.07, 6.45) is 0. The monoisotopic (exact) mass is 252 g/mol. The van der Waals surface area contributed by atoms with Crippen molar-refractivity contribution < 1.29 is 14.2 Å². The molecule has 0 saturated heterocycles. The van der Waals surface area contributed by atoms with Gasteiger partial charge in [0.2, 0.25) is 0 Å². The van der Waals surface area contributed by atoms with E-state index in [0.29, 0.717) is 16.9 Å². The van der Waals surface area contributed by atoms with Crippen LogP contribution in [-0.4, -0.2) is 12.2 Å². The maximum atomic E-state index is 13.7. The molecule has 0 aliphatic heterocycles. The molecule has 4 heteroatoms. The first-order valence-corrected chi connectivity index (χ1v) is 5.32. The highest BCUT2D eigenvalue weighted by atomic mass is 35.5. The molecule has 0 heterocycles. The van der Waals surface area contributed by atoms with Gasteiger partial charge < -0.3 is 9.84 Å². The molecule has 0 radical (unpaired) electrons. The molecule has 2 nitrogen and oxygen atoms in total. The number of methoxy groups -OCH3 is 1. The van der Waals surface area contributed by atoms with Crippen molar-refractivity contribution in [2.75, 3.05) is 7.11 Å². The molecule has 0 unspecified atom stereocenters. The lowest BCUT2D eigenvalue weighted by Crippen LogP contribution is -1.88. The average Bonchev–Trinajstić information content (AvgIpc) is 2.33. The van der Waals surface area contributed by atoms with Gasteiger partial charge in [-0.15, -0.1) is 0 Å². The molecule has 2 aromatic rings. The Morgan fingerprint density at radius 1 is 1.18 bits per heavy atom. The smallest absolute Gasteiger partial charge is 0.134 e. The molecule has 0 amide bonds. The number of ether oxygens (including phenoxy) is 1. The summed E-state index contributed by atoms with van der Waals surface area (Å²) < 4.78 is 18.7. The van der Waals surface area contributed by atoms with E-state index < -0.39 is 0 Å². The molecule has 0 aromatic heterocycles. The summed E-state index contributed by atoms with van der Waals surface area (Å²) in [5.41, 5.74) is 0.902. The predicted molar refractivity (Wildman–Crippen MR) is 65.1 cm³/mol. The van der Waals surface area contributed by atoms with Crippen LogP contribution < -0.4 is 4.74 Å². The largest absolute Gasteiger partial charge is 0.506 e. The summed E-state index contributed by atoms with van der Waals surface area (Å²) in [7, 11) is 1.51. The normalized spacial score (nSPS) is 10.3. The third-order valence-corrected chi connectivity index (χ3v) is 2.75. The van der Waals surface area contributed by atoms with E-state index in [2.05, 4.69) is 0 Å². The topological polar surface area (TPSA) is 29.5 Å². The van der Waals surface area contributed by atoms with Gasteiger partial charge in [-0.1, -0.05) is 17.7 Å². The van der Waals surface area contributed by atoms with E-state index in [4.69, 9.17) is 16.3 Å². The van der Waals surface area contributed by atoms with Gasteiger partial charge in [0.1, 0.15) is 17.3 Å². The summed E-state index contributed by atoms with van der Waals surface area (Å²) in [6.45, 7) is 0. The molecule has 0 fully saturated rings. The Balaban J connectivity index is 2.55. The third-order valence-electron chi connectivity index (χ3n) is 2.43. The van der Waals surface area contributed by atoms with Gasteiger partial charge in [-0.3, -0.25) is 0 Å². The van der Waals surface area contributed by atoms with E-state index in [1.165, 1.54) is 31.4 Å². The lowest BCUT2D eigenvalue weighted by atomic mass is 10.0. The first-order valence-electron chi connectivity index (χ1n) is 4.94. The van der Waals surface area contributed by atoms with Crippen LogP contribution in [0.3, 0.4) is 0 Å². The molecule has 17 heavy (non-hydrogen) atoms. The lowest BCUT2D eigenvalue weighted by Gasteiger charge is -2.07. The second-order valence-electron chi connectivity index (χ2n) is 3.51. The highest BCUT2D eigenvalue weighted by Crippen LogP contribution is 2.32. The highest BCUT2D eigenvalue weighted by Gasteiger charge is 2.08. The van der Waals surface area contributed by atoms with Crippen molar-refractivity contribution in [3.63, 3.8) is 0 Å². The van der Waals surface area contributed by atoms with Crippen LogP contribution in [0.5, 0.6) is 11.5 Å². The van der Waals surface area contributed by atoms with Crippen LogP contribution in [0.4, 0.5) is 4.39 Å². The molecule has 0 aliphatic carbocycles. The molecule has 2 rings (SSSR count). The van der Waals surface area contributed by atoms with Crippen molar-refractivity contribution in [3.05, 3.63) is 47.2 Å². The van der Waals surface area contributed by atoms with Crippen LogP contribution in [0.15, 0.2) is 36.4 Å². The minimum absolute atomic E-state index is 0.0774. The second-order valence-corrected chi connectivity index (χ2v) is 3.92. The summed E-state index contributed by atoms with van der Waals surface area (Å²) in [4.78, 5) is 0. The quantitative estimate of drug-likeness (QED) is 0.879. The molecular weight excluding hydrogens is 243 g/mol. The Bertz CT molecular complexity index is 555. The van der Waals surface area contributed by atoms with Crippen molar-refractivity contribution >= 4 is 11.6 Å². The Labute approximate surface area is 103 Å². The maximum absolute atomic E-state index is 13.7. The lowest BCUT2D eigenvalue weighted by molar-refractivity contribution is 0.414. The van der Waals surface area contributed by atoms with Gasteiger partial charge in [-0.05, 0) is 35.9 Å². The first-order chi connectivity index (χ1) is 8.11. The number of benzene rings is 2. The number of hydrogen-bond donors (Lipinski definition) is 1. The van der Waals surface area contributed by atoms with Crippen molar-refractivity contribution in [1.29, 1.82) is 0 Å². The van der Waals surface area contributed by atoms with Crippen LogP contribution in [-0.2, 0) is 0 Å². The Morgan fingerprint density at radius 3 is 2.59 bits per heavy atom. The molecule has 88 valence electrons. The van der Waals surface area contributed by atoms with Crippen LogP contribution >= 0.6 is 11.6 Å². The van der Waals surface area contributed by atoms with E-state index in [-0.39, 0.29) is 16.6 Å². The summed E-state index contributed by atoms with van der Waals surface area (Å²) in [5, 5.41) is 9.73. The van der Waals surface area contributed by atoms with E-state index in [1.807, 2.05) is 0 Å². The Morgan fingerprint density at radius 2 is 1.94 bits per heavy atom. The fourth-order valence-corrected chi connectivity index (χ4v) is 1.65. The molecule has 0 aliphatic rings. The summed E-state index contributed by atoms with van der Waals surface area (Å²) in [6, 6.07) is 9.00. The average molecular weight is 253 g/mol. The molecule has 2 aromatic carbocycles. The number of phenols is 1. The molecule has 1 N–H and O–H groups in total. The maximum Gasteiger partial charge on any atom is 0.134 e. The zero-order valence-corrected chi connectivity index (χ0v) is 9.83. The number of hydrogen-bond acceptors (Lipinski definition) is 2. The van der Waals surface area contributed by atoms with Gasteiger partial charge in [0.05, 0.1) is 12.1 Å². The molecule has 0 bridgehead atoms. The van der Waals surface area contributed by atoms with Crippen LogP contribution in [0.1, 0.15) is 0 Å². The van der Waals surface area contributed by atoms with Crippen molar-refractivity contribution in [3.8, 4) is 22.6 Å². The van der Waals surface area contributed by atoms with Gasteiger partial charge in [-0.2, -0.15) is 0 Å². The number of phenolic OH excluding ortho intramolecular Hbond substituents is 1. The van der Waals surface area contributed by atoms with Crippen molar-refractivity contribution in [2.24, 2.45) is 0 Å². The first kappa shape index (κ1) is 11.7. The Hall–Kier alpha value is -1.74. The number of aromatic hydroxyl groups is 1. The summed E-state index contributed by atoms with van der Waals surface area (Å²) >= 11 is 5.70. The van der Waals surface area contributed by atoms with E-state index in [9.17, 15) is 9.50 Å². The number of rotatable bonds is 2. The molecular formula is C13H10ClFO2. The zero-order chi connectivity index (χ0) is 12.4. The molecule has 0 spiro atoms. The van der Waals surface area contributed by atoms with Crippen molar-refractivity contribution in [1.82, 2.24) is 0 Å². The van der Waals surface area contributed by atoms with Gasteiger partial charge in [0.15, 0.2) is 0 Å². The molecule has 0 saturated carbocycles. The van der Waals surface area contributed by atoms with Crippen LogP contribution in [0, 0.1) is 5.82 Å². The standard InChI is InChI=1S/C13H10ClFO2/c1-17-9-3-5-12(15)10(7-9)8-2-4-11(14)13(16)6-8/h2-7,16H,1H3. The third kappa shape index (κ3) is 2.34. The zero-order valence-electron chi connectivity index (χ0n) is 9.08. The van der Waals surface area contributed by atoms with E-state index in [0.717, 1.165) is 0 Å². The minimum atomic E-state index is -0.382. The van der Waals surface area contributed by atoms with Gasteiger partial charge in [0.25, 0.3) is 0 Å². The fourth-order valence-electron chi connectivity index (χ4n) is 1.53. The van der Waals surface area contributed by atoms with Gasteiger partial charge in [0, 0.05) is 5.56 Å². The SMILES string of the molecule is COc1ccc(F)c(-c2ccc(Cl)c(O)c2)c1. The van der Waals surface area contributed by atoms with Crippen LogP contribution in [0.25, 0.3) is 11.1 Å². The number of halogens is 2.